The zero-order valence-electron chi connectivity index (χ0n) is 12.2. The molecule has 1 aromatic carbocycles. The van der Waals surface area contributed by atoms with Crippen LogP contribution in [0.4, 0.5) is 0 Å². The largest absolute Gasteiger partial charge is 0.347 e. The topological polar surface area (TPSA) is 42.0 Å². The number of amides is 1. The molecule has 0 radical (unpaired) electrons. The summed E-state index contributed by atoms with van der Waals surface area (Å²) >= 11 is 13.5. The Bertz CT molecular complexity index is 652. The van der Waals surface area contributed by atoms with Crippen molar-refractivity contribution in [1.82, 2.24) is 10.3 Å². The summed E-state index contributed by atoms with van der Waals surface area (Å²) in [6, 6.07) is 10.7. The van der Waals surface area contributed by atoms with Crippen molar-refractivity contribution in [2.75, 3.05) is 0 Å². The highest BCUT2D eigenvalue weighted by Gasteiger charge is 2.19. The lowest BCUT2D eigenvalue weighted by Gasteiger charge is -2.17. The Morgan fingerprint density at radius 3 is 2.68 bits per heavy atom. The molecule has 0 saturated heterocycles. The lowest BCUT2D eigenvalue weighted by atomic mass is 10.2. The van der Waals surface area contributed by atoms with Crippen LogP contribution in [0.2, 0.25) is 10.0 Å². The fourth-order valence-electron chi connectivity index (χ4n) is 1.85. The number of hydrogen-bond donors (Lipinski definition) is 1. The first-order valence-electron chi connectivity index (χ1n) is 6.80. The Kier molecular flexibility index (Phi) is 6.12. The minimum atomic E-state index is -0.290. The first-order valence-corrected chi connectivity index (χ1v) is 8.44. The number of pyridine rings is 1. The molecule has 1 amide bonds. The van der Waals surface area contributed by atoms with Gasteiger partial charge in [0.05, 0.1) is 22.0 Å². The van der Waals surface area contributed by atoms with Crippen LogP contribution in [0.1, 0.15) is 25.6 Å². The van der Waals surface area contributed by atoms with Gasteiger partial charge in [-0.1, -0.05) is 29.3 Å². The van der Waals surface area contributed by atoms with E-state index in [4.69, 9.17) is 23.2 Å². The fraction of sp³-hybridized carbons (Fsp3) is 0.250. The van der Waals surface area contributed by atoms with Crippen molar-refractivity contribution < 1.29 is 4.79 Å². The Hall–Kier alpha value is -1.23. The van der Waals surface area contributed by atoms with Crippen LogP contribution in [-0.2, 0) is 4.79 Å². The molecule has 0 bridgehead atoms. The molecule has 1 N–H and O–H groups in total. The van der Waals surface area contributed by atoms with Gasteiger partial charge in [-0.3, -0.25) is 9.78 Å². The van der Waals surface area contributed by atoms with Crippen LogP contribution in [0, 0.1) is 0 Å². The molecule has 116 valence electrons. The Morgan fingerprint density at radius 2 is 2.00 bits per heavy atom. The minimum absolute atomic E-state index is 0.0702. The molecule has 0 unspecified atom stereocenters. The highest BCUT2D eigenvalue weighted by Crippen LogP contribution is 2.32. The Labute approximate surface area is 144 Å². The second-order valence-corrected chi connectivity index (χ2v) is 7.05. The zero-order chi connectivity index (χ0) is 16.1. The smallest absolute Gasteiger partial charge is 0.233 e. The molecule has 6 heteroatoms. The molecule has 2 aromatic rings. The number of nitrogens with one attached hydrogen (secondary N) is 1. The normalized spacial score (nSPS) is 13.5. The third-order valence-electron chi connectivity index (χ3n) is 3.06. The summed E-state index contributed by atoms with van der Waals surface area (Å²) in [5, 5.41) is 3.85. The molecule has 0 fully saturated rings. The van der Waals surface area contributed by atoms with E-state index in [0.29, 0.717) is 10.0 Å². The van der Waals surface area contributed by atoms with Crippen LogP contribution < -0.4 is 5.32 Å². The lowest BCUT2D eigenvalue weighted by molar-refractivity contribution is -0.120. The highest BCUT2D eigenvalue weighted by atomic mass is 35.5. The number of thioether (sulfide) groups is 1. The molecule has 1 aromatic heterocycles. The second-order valence-electron chi connectivity index (χ2n) is 4.82. The predicted octanol–water partition coefficient (Wildman–Crippen LogP) is 4.75. The van der Waals surface area contributed by atoms with Crippen molar-refractivity contribution in [1.29, 1.82) is 0 Å². The third-order valence-corrected chi connectivity index (χ3v) is 4.89. The van der Waals surface area contributed by atoms with Gasteiger partial charge in [0.25, 0.3) is 0 Å². The molecule has 2 rings (SSSR count). The SMILES string of the molecule is C[C@@H](Sc1cc(Cl)ccc1Cl)C(=O)N[C@H](C)c1ccccn1. The van der Waals surface area contributed by atoms with Crippen molar-refractivity contribution in [2.24, 2.45) is 0 Å². The molecule has 0 aliphatic carbocycles. The van der Waals surface area contributed by atoms with Gasteiger partial charge in [-0.25, -0.2) is 0 Å². The quantitative estimate of drug-likeness (QED) is 0.788. The maximum Gasteiger partial charge on any atom is 0.233 e. The molecule has 0 aliphatic rings. The summed E-state index contributed by atoms with van der Waals surface area (Å²) in [5.41, 5.74) is 0.828. The van der Waals surface area contributed by atoms with Gasteiger partial charge in [-0.15, -0.1) is 11.8 Å². The van der Waals surface area contributed by atoms with Crippen LogP contribution in [0.15, 0.2) is 47.5 Å². The number of carbonyl (C=O) groups is 1. The number of halogens is 2. The van der Waals surface area contributed by atoms with Gasteiger partial charge in [-0.2, -0.15) is 0 Å². The van der Waals surface area contributed by atoms with E-state index < -0.39 is 0 Å². The Balaban J connectivity index is 1.99. The fourth-order valence-corrected chi connectivity index (χ4v) is 3.27. The van der Waals surface area contributed by atoms with E-state index >= 15 is 0 Å². The number of rotatable bonds is 5. The molecule has 1 heterocycles. The van der Waals surface area contributed by atoms with Crippen LogP contribution >= 0.6 is 35.0 Å². The maximum atomic E-state index is 12.3. The monoisotopic (exact) mass is 354 g/mol. The summed E-state index contributed by atoms with van der Waals surface area (Å²) in [7, 11) is 0. The summed E-state index contributed by atoms with van der Waals surface area (Å²) in [6.07, 6.45) is 1.71. The minimum Gasteiger partial charge on any atom is -0.347 e. The van der Waals surface area contributed by atoms with E-state index in [2.05, 4.69) is 10.3 Å². The van der Waals surface area contributed by atoms with Crippen LogP contribution in [0.5, 0.6) is 0 Å². The first kappa shape index (κ1) is 17.1. The van der Waals surface area contributed by atoms with E-state index in [-0.39, 0.29) is 17.2 Å². The molecular formula is C16H16Cl2N2OS. The maximum absolute atomic E-state index is 12.3. The highest BCUT2D eigenvalue weighted by molar-refractivity contribution is 8.00. The van der Waals surface area contributed by atoms with E-state index in [1.165, 1.54) is 11.8 Å². The van der Waals surface area contributed by atoms with Crippen molar-refractivity contribution in [2.45, 2.75) is 30.0 Å². The van der Waals surface area contributed by atoms with Gasteiger partial charge in [-0.05, 0) is 44.2 Å². The van der Waals surface area contributed by atoms with E-state index in [9.17, 15) is 4.79 Å². The van der Waals surface area contributed by atoms with Crippen molar-refractivity contribution in [3.05, 3.63) is 58.3 Å². The van der Waals surface area contributed by atoms with Crippen molar-refractivity contribution in [3.8, 4) is 0 Å². The molecule has 0 saturated carbocycles. The van der Waals surface area contributed by atoms with Crippen molar-refractivity contribution in [3.63, 3.8) is 0 Å². The molecule has 2 atom stereocenters. The summed E-state index contributed by atoms with van der Waals surface area (Å²) in [4.78, 5) is 17.3. The van der Waals surface area contributed by atoms with Crippen molar-refractivity contribution >= 4 is 40.9 Å². The summed E-state index contributed by atoms with van der Waals surface area (Å²) in [5.74, 6) is -0.0702. The van der Waals surface area contributed by atoms with Gasteiger partial charge in [0.1, 0.15) is 0 Å². The lowest BCUT2D eigenvalue weighted by Crippen LogP contribution is -2.33. The second kappa shape index (κ2) is 7.86. The summed E-state index contributed by atoms with van der Waals surface area (Å²) < 4.78 is 0. The van der Waals surface area contributed by atoms with Crippen LogP contribution in [-0.4, -0.2) is 16.1 Å². The molecule has 22 heavy (non-hydrogen) atoms. The standard InChI is InChI=1S/C16H16Cl2N2OS/c1-10(14-5-3-4-8-19-14)20-16(21)11(2)22-15-9-12(17)6-7-13(15)18/h3-11H,1-2H3,(H,20,21)/t10-,11-/m1/s1. The number of aromatic nitrogens is 1. The molecule has 0 aliphatic heterocycles. The predicted molar refractivity (Wildman–Crippen MR) is 92.6 cm³/mol. The van der Waals surface area contributed by atoms with E-state index in [1.807, 2.05) is 32.0 Å². The van der Waals surface area contributed by atoms with Gasteiger partial charge < -0.3 is 5.32 Å². The molecule has 3 nitrogen and oxygen atoms in total. The summed E-state index contributed by atoms with van der Waals surface area (Å²) in [6.45, 7) is 3.74. The van der Waals surface area contributed by atoms with Crippen LogP contribution in [0.3, 0.4) is 0 Å². The van der Waals surface area contributed by atoms with Gasteiger partial charge >= 0.3 is 0 Å². The number of nitrogens with zero attached hydrogens (tertiary/aromatic N) is 1. The number of hydrogen-bond acceptors (Lipinski definition) is 3. The average molecular weight is 355 g/mol. The molecule has 0 spiro atoms. The zero-order valence-corrected chi connectivity index (χ0v) is 14.5. The van der Waals surface area contributed by atoms with E-state index in [1.54, 1.807) is 24.4 Å². The molecular weight excluding hydrogens is 339 g/mol. The van der Waals surface area contributed by atoms with Crippen LogP contribution in [0.25, 0.3) is 0 Å². The van der Waals surface area contributed by atoms with Gasteiger partial charge in [0, 0.05) is 16.1 Å². The van der Waals surface area contributed by atoms with Gasteiger partial charge in [0.15, 0.2) is 0 Å². The number of carbonyl (C=O) groups excluding carboxylic acids is 1. The van der Waals surface area contributed by atoms with E-state index in [0.717, 1.165) is 10.6 Å². The first-order chi connectivity index (χ1) is 10.5. The van der Waals surface area contributed by atoms with Gasteiger partial charge in [0.2, 0.25) is 5.91 Å². The Morgan fingerprint density at radius 1 is 1.23 bits per heavy atom. The third kappa shape index (κ3) is 4.63. The number of benzene rings is 1. The average Bonchev–Trinajstić information content (AvgIpc) is 2.51.